The van der Waals surface area contributed by atoms with Crippen molar-refractivity contribution >= 4 is 17.3 Å². The third kappa shape index (κ3) is 2.02. The molecule has 0 amide bonds. The highest BCUT2D eigenvalue weighted by Crippen LogP contribution is 2.29. The van der Waals surface area contributed by atoms with Crippen LogP contribution in [0.5, 0.6) is 0 Å². The number of fused-ring (bicyclic) bond motifs is 1. The zero-order valence-electron chi connectivity index (χ0n) is 11.0. The largest absolute Gasteiger partial charge is 0.295 e. The molecule has 0 saturated carbocycles. The summed E-state index contributed by atoms with van der Waals surface area (Å²) in [6.07, 6.45) is 3.73. The standard InChI is InChI=1S/C14H11N5S/c1-9-10(2)17-18-13(12(9)7-15)20-14-16-8-11-5-3-4-6-19(11)14/h3-6,8H,1-2H3. The van der Waals surface area contributed by atoms with Crippen LogP contribution in [0.2, 0.25) is 0 Å². The van der Waals surface area contributed by atoms with Gasteiger partial charge in [0, 0.05) is 6.20 Å². The fourth-order valence-electron chi connectivity index (χ4n) is 1.87. The molecule has 0 radical (unpaired) electrons. The van der Waals surface area contributed by atoms with Gasteiger partial charge in [0.2, 0.25) is 0 Å². The minimum Gasteiger partial charge on any atom is -0.295 e. The molecule has 5 nitrogen and oxygen atoms in total. The Morgan fingerprint density at radius 3 is 2.90 bits per heavy atom. The second-order valence-corrected chi connectivity index (χ2v) is 5.30. The van der Waals surface area contributed by atoms with E-state index in [0.29, 0.717) is 10.6 Å². The minimum absolute atomic E-state index is 0.565. The van der Waals surface area contributed by atoms with Gasteiger partial charge in [0.05, 0.1) is 23.0 Å². The van der Waals surface area contributed by atoms with Crippen LogP contribution in [0.3, 0.4) is 0 Å². The third-order valence-corrected chi connectivity index (χ3v) is 4.09. The molecule has 0 spiro atoms. The second-order valence-electron chi connectivity index (χ2n) is 4.34. The lowest BCUT2D eigenvalue weighted by Gasteiger charge is -2.05. The first-order chi connectivity index (χ1) is 9.70. The van der Waals surface area contributed by atoms with Crippen LogP contribution >= 0.6 is 11.8 Å². The molecule has 3 rings (SSSR count). The van der Waals surface area contributed by atoms with E-state index in [1.165, 1.54) is 11.8 Å². The first-order valence-electron chi connectivity index (χ1n) is 6.04. The summed E-state index contributed by atoms with van der Waals surface area (Å²) >= 11 is 1.35. The molecular formula is C14H11N5S. The van der Waals surface area contributed by atoms with E-state index in [9.17, 15) is 5.26 Å². The quantitative estimate of drug-likeness (QED) is 0.722. The summed E-state index contributed by atoms with van der Waals surface area (Å²) < 4.78 is 1.96. The molecule has 0 aliphatic carbocycles. The molecule has 0 saturated heterocycles. The maximum absolute atomic E-state index is 9.31. The normalized spacial score (nSPS) is 10.7. The average molecular weight is 281 g/mol. The number of hydrogen-bond donors (Lipinski definition) is 0. The van der Waals surface area contributed by atoms with Crippen LogP contribution in [-0.2, 0) is 0 Å². The maximum atomic E-state index is 9.31. The third-order valence-electron chi connectivity index (χ3n) is 3.13. The molecule has 0 aliphatic rings. The molecule has 0 fully saturated rings. The number of hydrogen-bond acceptors (Lipinski definition) is 5. The molecule has 3 heterocycles. The van der Waals surface area contributed by atoms with E-state index in [2.05, 4.69) is 21.3 Å². The monoisotopic (exact) mass is 281 g/mol. The molecule has 0 N–H and O–H groups in total. The van der Waals surface area contributed by atoms with Gasteiger partial charge in [-0.15, -0.1) is 5.10 Å². The highest BCUT2D eigenvalue weighted by Gasteiger charge is 2.14. The summed E-state index contributed by atoms with van der Waals surface area (Å²) in [5, 5.41) is 18.9. The summed E-state index contributed by atoms with van der Waals surface area (Å²) in [6, 6.07) is 8.09. The maximum Gasteiger partial charge on any atom is 0.179 e. The molecule has 0 atom stereocenters. The molecule has 0 unspecified atom stereocenters. The van der Waals surface area contributed by atoms with Crippen LogP contribution in [0.25, 0.3) is 5.52 Å². The Kier molecular flexibility index (Phi) is 3.12. The SMILES string of the molecule is Cc1nnc(Sc2ncc3ccccn23)c(C#N)c1C. The summed E-state index contributed by atoms with van der Waals surface area (Å²) in [7, 11) is 0. The van der Waals surface area contributed by atoms with Crippen LogP contribution in [0.1, 0.15) is 16.8 Å². The number of pyridine rings is 1. The van der Waals surface area contributed by atoms with Gasteiger partial charge in [-0.3, -0.25) is 4.40 Å². The van der Waals surface area contributed by atoms with Crippen molar-refractivity contribution in [3.8, 4) is 6.07 Å². The van der Waals surface area contributed by atoms with Crippen molar-refractivity contribution in [2.24, 2.45) is 0 Å². The molecule has 20 heavy (non-hydrogen) atoms. The summed E-state index contributed by atoms with van der Waals surface area (Å²) in [5.41, 5.74) is 3.21. The summed E-state index contributed by atoms with van der Waals surface area (Å²) in [5.74, 6) is 0. The summed E-state index contributed by atoms with van der Waals surface area (Å²) in [6.45, 7) is 3.73. The Morgan fingerprint density at radius 2 is 2.10 bits per heavy atom. The number of nitriles is 1. The van der Waals surface area contributed by atoms with E-state index in [-0.39, 0.29) is 0 Å². The van der Waals surface area contributed by atoms with Crippen LogP contribution < -0.4 is 0 Å². The lowest BCUT2D eigenvalue weighted by molar-refractivity contribution is 0.863. The Morgan fingerprint density at radius 1 is 1.25 bits per heavy atom. The van der Waals surface area contributed by atoms with E-state index in [1.807, 2.05) is 42.6 Å². The van der Waals surface area contributed by atoms with Crippen LogP contribution in [0.15, 0.2) is 40.8 Å². The second kappa shape index (κ2) is 4.94. The number of imidazole rings is 1. The Bertz CT molecular complexity index is 831. The predicted molar refractivity (Wildman–Crippen MR) is 75.5 cm³/mol. The van der Waals surface area contributed by atoms with Gasteiger partial charge in [0.25, 0.3) is 0 Å². The molecular weight excluding hydrogens is 270 g/mol. The number of aromatic nitrogens is 4. The number of aryl methyl sites for hydroxylation is 1. The Hall–Kier alpha value is -2.39. The van der Waals surface area contributed by atoms with Gasteiger partial charge in [0.15, 0.2) is 5.16 Å². The fraction of sp³-hybridized carbons (Fsp3) is 0.143. The average Bonchev–Trinajstić information content (AvgIpc) is 2.87. The molecule has 0 aromatic carbocycles. The highest BCUT2D eigenvalue weighted by atomic mass is 32.2. The van der Waals surface area contributed by atoms with Gasteiger partial charge in [-0.25, -0.2) is 4.98 Å². The van der Waals surface area contributed by atoms with Crippen molar-refractivity contribution in [2.45, 2.75) is 24.0 Å². The Labute approximate surface area is 120 Å². The zero-order valence-corrected chi connectivity index (χ0v) is 11.8. The number of nitrogens with zero attached hydrogens (tertiary/aromatic N) is 5. The molecule has 98 valence electrons. The first-order valence-corrected chi connectivity index (χ1v) is 6.86. The van der Waals surface area contributed by atoms with Crippen molar-refractivity contribution in [1.82, 2.24) is 19.6 Å². The topological polar surface area (TPSA) is 66.9 Å². The highest BCUT2D eigenvalue weighted by molar-refractivity contribution is 7.99. The van der Waals surface area contributed by atoms with E-state index in [4.69, 9.17) is 0 Å². The Balaban J connectivity index is 2.08. The first kappa shape index (κ1) is 12.6. The van der Waals surface area contributed by atoms with Gasteiger partial charge in [0.1, 0.15) is 11.1 Å². The van der Waals surface area contributed by atoms with Crippen molar-refractivity contribution in [3.05, 3.63) is 47.4 Å². The van der Waals surface area contributed by atoms with E-state index in [1.54, 1.807) is 6.20 Å². The van der Waals surface area contributed by atoms with Crippen molar-refractivity contribution in [2.75, 3.05) is 0 Å². The molecule has 0 aliphatic heterocycles. The lowest BCUT2D eigenvalue weighted by atomic mass is 10.1. The van der Waals surface area contributed by atoms with Gasteiger partial charge in [-0.05, 0) is 43.3 Å². The van der Waals surface area contributed by atoms with E-state index >= 15 is 0 Å². The van der Waals surface area contributed by atoms with E-state index < -0.39 is 0 Å². The van der Waals surface area contributed by atoms with Crippen LogP contribution in [0, 0.1) is 25.2 Å². The van der Waals surface area contributed by atoms with Crippen molar-refractivity contribution < 1.29 is 0 Å². The van der Waals surface area contributed by atoms with Gasteiger partial charge in [-0.1, -0.05) is 6.07 Å². The van der Waals surface area contributed by atoms with Crippen molar-refractivity contribution in [3.63, 3.8) is 0 Å². The van der Waals surface area contributed by atoms with E-state index in [0.717, 1.165) is 21.9 Å². The zero-order chi connectivity index (χ0) is 14.1. The molecule has 3 aromatic heterocycles. The molecule has 6 heteroatoms. The lowest BCUT2D eigenvalue weighted by Crippen LogP contribution is -1.99. The summed E-state index contributed by atoms with van der Waals surface area (Å²) in [4.78, 5) is 4.37. The molecule has 0 bridgehead atoms. The van der Waals surface area contributed by atoms with Crippen LogP contribution in [-0.4, -0.2) is 19.6 Å². The predicted octanol–water partition coefficient (Wildman–Crippen LogP) is 2.76. The van der Waals surface area contributed by atoms with Crippen molar-refractivity contribution in [1.29, 1.82) is 5.26 Å². The smallest absolute Gasteiger partial charge is 0.179 e. The van der Waals surface area contributed by atoms with Gasteiger partial charge < -0.3 is 0 Å². The van der Waals surface area contributed by atoms with Crippen LogP contribution in [0.4, 0.5) is 0 Å². The molecule has 3 aromatic rings. The minimum atomic E-state index is 0.565. The van der Waals surface area contributed by atoms with Gasteiger partial charge in [-0.2, -0.15) is 10.4 Å². The fourth-order valence-corrected chi connectivity index (χ4v) is 2.80. The number of rotatable bonds is 2. The van der Waals surface area contributed by atoms with Gasteiger partial charge >= 0.3 is 0 Å².